The van der Waals surface area contributed by atoms with Crippen LogP contribution in [0.15, 0.2) is 18.5 Å². The second-order valence-corrected chi connectivity index (χ2v) is 5.13. The van der Waals surface area contributed by atoms with Gasteiger partial charge in [0.15, 0.2) is 6.29 Å². The Kier molecular flexibility index (Phi) is 2.94. The summed E-state index contributed by atoms with van der Waals surface area (Å²) in [5, 5.41) is 3.49. The number of aldehydes is 1. The van der Waals surface area contributed by atoms with E-state index in [0.717, 1.165) is 31.0 Å². The number of aromatic nitrogens is 3. The van der Waals surface area contributed by atoms with Gasteiger partial charge in [0.2, 0.25) is 5.95 Å². The number of anilines is 1. The molecule has 0 amide bonds. The molecule has 2 atom stereocenters. The van der Waals surface area contributed by atoms with Gasteiger partial charge in [0.25, 0.3) is 0 Å². The van der Waals surface area contributed by atoms with Gasteiger partial charge in [0.05, 0.1) is 0 Å². The Balaban J connectivity index is 2.04. The zero-order chi connectivity index (χ0) is 13.4. The maximum atomic E-state index is 10.8. The van der Waals surface area contributed by atoms with Crippen molar-refractivity contribution in [2.24, 2.45) is 0 Å². The van der Waals surface area contributed by atoms with Crippen molar-refractivity contribution in [1.82, 2.24) is 19.7 Å². The number of carbonyl (C=O) groups is 1. The van der Waals surface area contributed by atoms with E-state index < -0.39 is 0 Å². The van der Waals surface area contributed by atoms with E-state index in [-0.39, 0.29) is 0 Å². The molecule has 2 aromatic rings. The number of rotatable bonds is 2. The quantitative estimate of drug-likeness (QED) is 0.806. The van der Waals surface area contributed by atoms with Crippen LogP contribution in [-0.2, 0) is 0 Å². The molecule has 1 fully saturated rings. The average Bonchev–Trinajstić information content (AvgIpc) is 2.80. The summed E-state index contributed by atoms with van der Waals surface area (Å²) in [7, 11) is 0. The first-order valence-corrected chi connectivity index (χ1v) is 6.47. The largest absolute Gasteiger partial charge is 0.339 e. The summed E-state index contributed by atoms with van der Waals surface area (Å²) in [6.45, 7) is 6.11. The third-order valence-electron chi connectivity index (χ3n) is 3.34. The van der Waals surface area contributed by atoms with Crippen molar-refractivity contribution in [3.63, 3.8) is 0 Å². The number of hydrogen-bond acceptors (Lipinski definition) is 5. The Bertz CT molecular complexity index is 598. The second kappa shape index (κ2) is 4.62. The Hall–Kier alpha value is -1.95. The Labute approximate surface area is 111 Å². The van der Waals surface area contributed by atoms with Gasteiger partial charge in [0.1, 0.15) is 11.3 Å². The summed E-state index contributed by atoms with van der Waals surface area (Å²) in [6.07, 6.45) is 4.24. The van der Waals surface area contributed by atoms with Crippen molar-refractivity contribution in [3.8, 4) is 0 Å². The lowest BCUT2D eigenvalue weighted by atomic mass is 10.1. The molecule has 0 radical (unpaired) electrons. The molecule has 6 nitrogen and oxygen atoms in total. The summed E-state index contributed by atoms with van der Waals surface area (Å²) in [6, 6.07) is 2.63. The highest BCUT2D eigenvalue weighted by Crippen LogP contribution is 2.17. The Morgan fingerprint density at radius 2 is 2.11 bits per heavy atom. The number of imidazole rings is 1. The maximum absolute atomic E-state index is 10.8. The lowest BCUT2D eigenvalue weighted by Gasteiger charge is -2.36. The van der Waals surface area contributed by atoms with Crippen molar-refractivity contribution < 1.29 is 4.79 Å². The smallest absolute Gasteiger partial charge is 0.211 e. The normalized spacial score (nSPS) is 23.8. The molecular weight excluding hydrogens is 242 g/mol. The third kappa shape index (κ3) is 2.19. The maximum Gasteiger partial charge on any atom is 0.211 e. The molecule has 1 aliphatic rings. The summed E-state index contributed by atoms with van der Waals surface area (Å²) in [5.74, 6) is 0.846. The van der Waals surface area contributed by atoms with Crippen LogP contribution in [0, 0.1) is 0 Å². The van der Waals surface area contributed by atoms with Gasteiger partial charge in [-0.25, -0.2) is 9.97 Å². The van der Waals surface area contributed by atoms with E-state index in [9.17, 15) is 4.79 Å². The van der Waals surface area contributed by atoms with Crippen LogP contribution in [0.2, 0.25) is 0 Å². The van der Waals surface area contributed by atoms with Crippen LogP contribution >= 0.6 is 0 Å². The van der Waals surface area contributed by atoms with Crippen LogP contribution in [0.3, 0.4) is 0 Å². The van der Waals surface area contributed by atoms with Crippen LogP contribution in [0.25, 0.3) is 5.65 Å². The number of hydrogen-bond donors (Lipinski definition) is 1. The van der Waals surface area contributed by atoms with E-state index in [1.165, 1.54) is 0 Å². The van der Waals surface area contributed by atoms with Crippen molar-refractivity contribution in [3.05, 3.63) is 24.2 Å². The molecule has 0 saturated carbocycles. The summed E-state index contributed by atoms with van der Waals surface area (Å²) in [5.41, 5.74) is 1.19. The zero-order valence-corrected chi connectivity index (χ0v) is 11.1. The number of piperazine rings is 1. The van der Waals surface area contributed by atoms with Gasteiger partial charge in [-0.1, -0.05) is 0 Å². The van der Waals surface area contributed by atoms with Gasteiger partial charge >= 0.3 is 0 Å². The molecule has 3 heterocycles. The molecule has 1 N–H and O–H groups in total. The molecule has 3 rings (SSSR count). The first-order chi connectivity index (χ1) is 9.17. The van der Waals surface area contributed by atoms with Crippen LogP contribution in [-0.4, -0.2) is 45.8 Å². The van der Waals surface area contributed by atoms with E-state index in [1.807, 2.05) is 10.5 Å². The number of carbonyl (C=O) groups excluding carboxylic acids is 1. The zero-order valence-electron chi connectivity index (χ0n) is 11.1. The lowest BCUT2D eigenvalue weighted by molar-refractivity contribution is 0.111. The fourth-order valence-corrected chi connectivity index (χ4v) is 2.70. The fourth-order valence-electron chi connectivity index (χ4n) is 2.70. The van der Waals surface area contributed by atoms with Crippen molar-refractivity contribution >= 4 is 17.9 Å². The minimum Gasteiger partial charge on any atom is -0.339 e. The van der Waals surface area contributed by atoms with Crippen molar-refractivity contribution in [2.75, 3.05) is 18.0 Å². The van der Waals surface area contributed by atoms with Gasteiger partial charge in [-0.15, -0.1) is 0 Å². The third-order valence-corrected chi connectivity index (χ3v) is 3.34. The van der Waals surface area contributed by atoms with Crippen LogP contribution in [0.4, 0.5) is 5.95 Å². The molecule has 0 aliphatic carbocycles. The molecule has 0 unspecified atom stereocenters. The van der Waals surface area contributed by atoms with E-state index in [2.05, 4.69) is 34.0 Å². The molecule has 0 bridgehead atoms. The predicted octanol–water partition coefficient (Wildman–Crippen LogP) is 0.728. The standard InChI is InChI=1S/C13H17N5O/c1-9-5-17(6-10(2)15-9)13-14-4-3-12-16-11(8-19)7-18(12)13/h3-4,7-10,15H,5-6H2,1-2H3/t9-,10+. The van der Waals surface area contributed by atoms with Gasteiger partial charge in [0, 0.05) is 37.6 Å². The average molecular weight is 259 g/mol. The first kappa shape index (κ1) is 12.1. The van der Waals surface area contributed by atoms with E-state index in [0.29, 0.717) is 17.8 Å². The van der Waals surface area contributed by atoms with E-state index in [4.69, 9.17) is 0 Å². The number of nitrogens with one attached hydrogen (secondary N) is 1. The van der Waals surface area contributed by atoms with Gasteiger partial charge in [-0.3, -0.25) is 9.20 Å². The highest BCUT2D eigenvalue weighted by Gasteiger charge is 2.23. The highest BCUT2D eigenvalue weighted by molar-refractivity contribution is 5.73. The summed E-state index contributed by atoms with van der Waals surface area (Å²) < 4.78 is 1.88. The molecular formula is C13H17N5O. The Morgan fingerprint density at radius 1 is 1.37 bits per heavy atom. The molecule has 2 aromatic heterocycles. The van der Waals surface area contributed by atoms with Gasteiger partial charge in [-0.2, -0.15) is 0 Å². The SMILES string of the molecule is C[C@@H]1CN(c2nccc3nc(C=O)cn23)C[C@H](C)N1. The minimum absolute atomic E-state index is 0.412. The fraction of sp³-hybridized carbons (Fsp3) is 0.462. The summed E-state index contributed by atoms with van der Waals surface area (Å²) >= 11 is 0. The summed E-state index contributed by atoms with van der Waals surface area (Å²) in [4.78, 5) is 21.8. The molecule has 1 aliphatic heterocycles. The topological polar surface area (TPSA) is 62.5 Å². The monoisotopic (exact) mass is 259 g/mol. The molecule has 0 aromatic carbocycles. The number of nitrogens with zero attached hydrogens (tertiary/aromatic N) is 4. The van der Waals surface area contributed by atoms with Crippen molar-refractivity contribution in [1.29, 1.82) is 0 Å². The van der Waals surface area contributed by atoms with E-state index >= 15 is 0 Å². The second-order valence-electron chi connectivity index (χ2n) is 5.13. The van der Waals surface area contributed by atoms with Gasteiger partial charge < -0.3 is 10.2 Å². The lowest BCUT2D eigenvalue weighted by Crippen LogP contribution is -2.54. The Morgan fingerprint density at radius 3 is 2.79 bits per heavy atom. The van der Waals surface area contributed by atoms with Crippen LogP contribution in [0.1, 0.15) is 24.3 Å². The molecule has 19 heavy (non-hydrogen) atoms. The first-order valence-electron chi connectivity index (χ1n) is 6.47. The van der Waals surface area contributed by atoms with E-state index in [1.54, 1.807) is 12.4 Å². The predicted molar refractivity (Wildman–Crippen MR) is 72.6 cm³/mol. The number of fused-ring (bicyclic) bond motifs is 1. The molecule has 0 spiro atoms. The van der Waals surface area contributed by atoms with Crippen LogP contribution in [0.5, 0.6) is 0 Å². The molecule has 100 valence electrons. The van der Waals surface area contributed by atoms with Crippen LogP contribution < -0.4 is 10.2 Å². The molecule has 6 heteroatoms. The van der Waals surface area contributed by atoms with Gasteiger partial charge in [-0.05, 0) is 19.9 Å². The minimum atomic E-state index is 0.412. The highest BCUT2D eigenvalue weighted by atomic mass is 16.1. The van der Waals surface area contributed by atoms with Crippen molar-refractivity contribution in [2.45, 2.75) is 25.9 Å². The molecule has 1 saturated heterocycles.